The van der Waals surface area contributed by atoms with Gasteiger partial charge >= 0.3 is 0 Å². The second-order valence-corrected chi connectivity index (χ2v) is 6.50. The van der Waals surface area contributed by atoms with Crippen LogP contribution in [0.1, 0.15) is 47.7 Å². The zero-order valence-corrected chi connectivity index (χ0v) is 14.5. The van der Waals surface area contributed by atoms with Crippen molar-refractivity contribution in [1.29, 1.82) is 0 Å². The van der Waals surface area contributed by atoms with Crippen molar-refractivity contribution in [3.8, 4) is 0 Å². The van der Waals surface area contributed by atoms with Gasteiger partial charge in [0.2, 0.25) is 0 Å². The molecule has 3 aromatic heterocycles. The Morgan fingerprint density at radius 3 is 3.12 bits per heavy atom. The van der Waals surface area contributed by atoms with Gasteiger partial charge in [-0.1, -0.05) is 12.1 Å². The number of pyridine rings is 1. The molecule has 3 aromatic rings. The summed E-state index contributed by atoms with van der Waals surface area (Å²) in [5, 5.41) is 4.69. The number of aromatic nitrogens is 4. The number of carbonyl (C=O) groups excluding carboxylic acids is 1. The first-order valence-corrected chi connectivity index (χ1v) is 8.70. The summed E-state index contributed by atoms with van der Waals surface area (Å²) in [7, 11) is 0. The molecule has 7 nitrogen and oxygen atoms in total. The van der Waals surface area contributed by atoms with E-state index in [0.717, 1.165) is 42.7 Å². The molecule has 0 unspecified atom stereocenters. The lowest BCUT2D eigenvalue weighted by molar-refractivity contribution is 0.0677. The third kappa shape index (κ3) is 2.79. The van der Waals surface area contributed by atoms with Crippen LogP contribution in [0.2, 0.25) is 0 Å². The molecule has 4 rings (SSSR count). The molecular weight excluding hydrogens is 318 g/mol. The second-order valence-electron chi connectivity index (χ2n) is 6.50. The van der Waals surface area contributed by atoms with Crippen LogP contribution in [0.25, 0.3) is 11.1 Å². The van der Waals surface area contributed by atoms with E-state index in [1.54, 1.807) is 6.20 Å². The van der Waals surface area contributed by atoms with Gasteiger partial charge in [0.05, 0.1) is 22.7 Å². The van der Waals surface area contributed by atoms with Gasteiger partial charge in [-0.2, -0.15) is 0 Å². The second kappa shape index (κ2) is 6.31. The monoisotopic (exact) mass is 339 g/mol. The summed E-state index contributed by atoms with van der Waals surface area (Å²) in [6.45, 7) is 5.42. The van der Waals surface area contributed by atoms with Crippen molar-refractivity contribution < 1.29 is 9.32 Å². The summed E-state index contributed by atoms with van der Waals surface area (Å²) in [4.78, 5) is 23.5. The van der Waals surface area contributed by atoms with E-state index in [2.05, 4.69) is 26.6 Å². The summed E-state index contributed by atoms with van der Waals surface area (Å²) < 4.78 is 7.34. The summed E-state index contributed by atoms with van der Waals surface area (Å²) in [5.41, 5.74) is 1.80. The number of amides is 1. The zero-order valence-electron chi connectivity index (χ0n) is 14.5. The molecule has 1 atom stereocenters. The third-order valence-electron chi connectivity index (χ3n) is 4.90. The van der Waals surface area contributed by atoms with E-state index in [-0.39, 0.29) is 11.9 Å². The minimum Gasteiger partial charge on any atom is -0.337 e. The average molecular weight is 339 g/mol. The smallest absolute Gasteiger partial charge is 0.257 e. The molecule has 7 heteroatoms. The minimum absolute atomic E-state index is 0.0119. The summed E-state index contributed by atoms with van der Waals surface area (Å²) in [5.74, 6) is 1.08. The predicted molar refractivity (Wildman–Crippen MR) is 92.3 cm³/mol. The molecule has 4 heterocycles. The summed E-state index contributed by atoms with van der Waals surface area (Å²) in [6, 6.07) is 2.11. The van der Waals surface area contributed by atoms with Crippen molar-refractivity contribution in [2.45, 2.75) is 39.2 Å². The van der Waals surface area contributed by atoms with Gasteiger partial charge in [0.1, 0.15) is 5.82 Å². The molecule has 0 N–H and O–H groups in total. The average Bonchev–Trinajstić information content (AvgIpc) is 3.28. The van der Waals surface area contributed by atoms with Gasteiger partial charge in [0.25, 0.3) is 11.6 Å². The maximum Gasteiger partial charge on any atom is 0.257 e. The molecule has 1 aliphatic rings. The van der Waals surface area contributed by atoms with Gasteiger partial charge in [-0.25, -0.2) is 9.97 Å². The molecule has 1 fully saturated rings. The Bertz CT molecular complexity index is 913. The molecule has 1 aliphatic heterocycles. The Morgan fingerprint density at radius 2 is 2.28 bits per heavy atom. The number of hydrogen-bond donors (Lipinski definition) is 0. The molecular formula is C18H21N5O2. The van der Waals surface area contributed by atoms with E-state index in [4.69, 9.17) is 4.52 Å². The van der Waals surface area contributed by atoms with Crippen LogP contribution in [0.3, 0.4) is 0 Å². The molecule has 130 valence electrons. The van der Waals surface area contributed by atoms with Gasteiger partial charge in [-0.15, -0.1) is 0 Å². The van der Waals surface area contributed by atoms with Crippen LogP contribution in [0.15, 0.2) is 29.2 Å². The number of aryl methyl sites for hydroxylation is 2. The Balaban J connectivity index is 1.57. The van der Waals surface area contributed by atoms with E-state index >= 15 is 0 Å². The number of carbonyl (C=O) groups is 1. The Labute approximate surface area is 145 Å². The Hall–Kier alpha value is -2.70. The van der Waals surface area contributed by atoms with Gasteiger partial charge in [0, 0.05) is 38.1 Å². The Kier molecular flexibility index (Phi) is 3.99. The number of likely N-dealkylation sites (tertiary alicyclic amines) is 1. The third-order valence-corrected chi connectivity index (χ3v) is 4.90. The van der Waals surface area contributed by atoms with Crippen molar-refractivity contribution in [3.05, 3.63) is 41.7 Å². The lowest BCUT2D eigenvalue weighted by atomic mass is 10.0. The molecule has 0 saturated carbocycles. The van der Waals surface area contributed by atoms with E-state index < -0.39 is 0 Å². The highest BCUT2D eigenvalue weighted by Crippen LogP contribution is 2.25. The SMILES string of the molecule is CCc1nccn1[C@H]1CCCN(C(=O)c2cnc3onc(C)c3c2)C1. The Morgan fingerprint density at radius 1 is 1.40 bits per heavy atom. The van der Waals surface area contributed by atoms with Crippen LogP contribution >= 0.6 is 0 Å². The van der Waals surface area contributed by atoms with E-state index in [0.29, 0.717) is 17.8 Å². The first-order valence-electron chi connectivity index (χ1n) is 8.70. The number of rotatable bonds is 3. The number of hydrogen-bond acceptors (Lipinski definition) is 5. The van der Waals surface area contributed by atoms with E-state index in [9.17, 15) is 4.79 Å². The molecule has 0 spiro atoms. The highest BCUT2D eigenvalue weighted by Gasteiger charge is 2.27. The molecule has 1 saturated heterocycles. The van der Waals surface area contributed by atoms with Gasteiger partial charge < -0.3 is 14.0 Å². The fraction of sp³-hybridized carbons (Fsp3) is 0.444. The maximum absolute atomic E-state index is 13.0. The first-order chi connectivity index (χ1) is 12.2. The number of piperidine rings is 1. The van der Waals surface area contributed by atoms with Crippen molar-refractivity contribution >= 4 is 17.0 Å². The molecule has 0 radical (unpaired) electrons. The maximum atomic E-state index is 13.0. The highest BCUT2D eigenvalue weighted by molar-refractivity contribution is 5.97. The quantitative estimate of drug-likeness (QED) is 0.733. The number of imidazole rings is 1. The summed E-state index contributed by atoms with van der Waals surface area (Å²) in [6.07, 6.45) is 8.38. The lowest BCUT2D eigenvalue weighted by Crippen LogP contribution is -2.41. The van der Waals surface area contributed by atoms with Crippen LogP contribution in [-0.2, 0) is 6.42 Å². The summed E-state index contributed by atoms with van der Waals surface area (Å²) >= 11 is 0. The minimum atomic E-state index is 0.0119. The molecule has 1 amide bonds. The van der Waals surface area contributed by atoms with E-state index in [1.807, 2.05) is 30.3 Å². The van der Waals surface area contributed by atoms with Crippen LogP contribution in [0.4, 0.5) is 0 Å². The number of nitrogens with zero attached hydrogens (tertiary/aromatic N) is 5. The van der Waals surface area contributed by atoms with Crippen molar-refractivity contribution in [1.82, 2.24) is 24.6 Å². The zero-order chi connectivity index (χ0) is 17.4. The normalized spacial score (nSPS) is 18.0. The topological polar surface area (TPSA) is 77.0 Å². The highest BCUT2D eigenvalue weighted by atomic mass is 16.5. The van der Waals surface area contributed by atoms with Crippen molar-refractivity contribution in [2.24, 2.45) is 0 Å². The molecule has 0 aliphatic carbocycles. The van der Waals surface area contributed by atoms with E-state index in [1.165, 1.54) is 0 Å². The first kappa shape index (κ1) is 15.8. The van der Waals surface area contributed by atoms with Gasteiger partial charge in [-0.05, 0) is 25.8 Å². The fourth-order valence-corrected chi connectivity index (χ4v) is 3.56. The largest absolute Gasteiger partial charge is 0.337 e. The van der Waals surface area contributed by atoms with Gasteiger partial charge in [-0.3, -0.25) is 4.79 Å². The van der Waals surface area contributed by atoms with Crippen LogP contribution in [0.5, 0.6) is 0 Å². The standard InChI is InChI=1S/C18H21N5O2/c1-3-16-19-6-8-23(16)14-5-4-7-22(11-14)18(24)13-9-15-12(2)21-25-17(15)20-10-13/h6,8-10,14H,3-5,7,11H2,1-2H3/t14-/m0/s1. The van der Waals surface area contributed by atoms with Gasteiger partial charge in [0.15, 0.2) is 0 Å². The molecule has 0 aromatic carbocycles. The van der Waals surface area contributed by atoms with Crippen LogP contribution < -0.4 is 0 Å². The molecule has 25 heavy (non-hydrogen) atoms. The van der Waals surface area contributed by atoms with Crippen molar-refractivity contribution in [2.75, 3.05) is 13.1 Å². The molecule has 0 bridgehead atoms. The lowest BCUT2D eigenvalue weighted by Gasteiger charge is -2.34. The van der Waals surface area contributed by atoms with Crippen molar-refractivity contribution in [3.63, 3.8) is 0 Å². The van der Waals surface area contributed by atoms with Crippen LogP contribution in [0, 0.1) is 6.92 Å². The van der Waals surface area contributed by atoms with Crippen LogP contribution in [-0.4, -0.2) is 43.6 Å². The fourth-order valence-electron chi connectivity index (χ4n) is 3.56. The number of fused-ring (bicyclic) bond motifs is 1. The predicted octanol–water partition coefficient (Wildman–Crippen LogP) is 2.77.